The molecule has 132 valence electrons. The standard InChI is InChI=1S/C15H18FNO6S/c1-23-14(18)7-10-4-5-12(8-13(10)16)24(21,22)17-6-2-3-11(9-17)15(19)20/h4-5,8,11H,2-3,6-7,9H2,1H3,(H,19,20). The van der Waals surface area contributed by atoms with Crippen LogP contribution in [0.2, 0.25) is 0 Å². The summed E-state index contributed by atoms with van der Waals surface area (Å²) in [5, 5.41) is 9.05. The number of carbonyl (C=O) groups is 2. The van der Waals surface area contributed by atoms with Crippen molar-refractivity contribution in [3.05, 3.63) is 29.6 Å². The third-order valence-electron chi connectivity index (χ3n) is 3.96. The predicted octanol–water partition coefficient (Wildman–Crippen LogP) is 1.03. The van der Waals surface area contributed by atoms with Gasteiger partial charge in [0.15, 0.2) is 0 Å². The maximum Gasteiger partial charge on any atom is 0.310 e. The van der Waals surface area contributed by atoms with Crippen molar-refractivity contribution in [2.45, 2.75) is 24.2 Å². The van der Waals surface area contributed by atoms with Gasteiger partial charge < -0.3 is 9.84 Å². The quantitative estimate of drug-likeness (QED) is 0.788. The van der Waals surface area contributed by atoms with Gasteiger partial charge in [-0.2, -0.15) is 4.31 Å². The fourth-order valence-corrected chi connectivity index (χ4v) is 4.11. The van der Waals surface area contributed by atoms with Crippen molar-refractivity contribution < 1.29 is 32.2 Å². The van der Waals surface area contributed by atoms with Crippen molar-refractivity contribution in [2.75, 3.05) is 20.2 Å². The normalized spacial score (nSPS) is 19.0. The molecule has 0 aromatic heterocycles. The predicted molar refractivity (Wildman–Crippen MR) is 81.2 cm³/mol. The second-order valence-electron chi connectivity index (χ2n) is 5.55. The molecular formula is C15H18FNO6S. The number of carboxylic acid groups (broad SMARTS) is 1. The Kier molecular flexibility index (Phi) is 5.55. The molecule has 1 aromatic rings. The fourth-order valence-electron chi connectivity index (χ4n) is 2.57. The molecule has 1 heterocycles. The number of hydrogen-bond acceptors (Lipinski definition) is 5. The lowest BCUT2D eigenvalue weighted by molar-refractivity contribution is -0.143. The Morgan fingerprint density at radius 2 is 2.12 bits per heavy atom. The number of esters is 1. The van der Waals surface area contributed by atoms with E-state index in [1.54, 1.807) is 0 Å². The average molecular weight is 359 g/mol. The van der Waals surface area contributed by atoms with Gasteiger partial charge in [0.25, 0.3) is 0 Å². The molecule has 0 saturated carbocycles. The van der Waals surface area contributed by atoms with E-state index in [4.69, 9.17) is 5.11 Å². The van der Waals surface area contributed by atoms with Gasteiger partial charge >= 0.3 is 11.9 Å². The number of ether oxygens (including phenoxy) is 1. The molecule has 1 saturated heterocycles. The van der Waals surface area contributed by atoms with Crippen molar-refractivity contribution in [3.8, 4) is 0 Å². The Labute approximate surface area is 139 Å². The van der Waals surface area contributed by atoms with Crippen LogP contribution in [0.15, 0.2) is 23.1 Å². The van der Waals surface area contributed by atoms with Gasteiger partial charge in [0.2, 0.25) is 10.0 Å². The van der Waals surface area contributed by atoms with E-state index in [0.717, 1.165) is 10.4 Å². The minimum Gasteiger partial charge on any atom is -0.481 e. The molecule has 2 rings (SSSR count). The lowest BCUT2D eigenvalue weighted by atomic mass is 10.0. The number of aliphatic carboxylic acids is 1. The van der Waals surface area contributed by atoms with Crippen LogP contribution in [0.25, 0.3) is 0 Å². The third-order valence-corrected chi connectivity index (χ3v) is 5.82. The molecule has 1 fully saturated rings. The largest absolute Gasteiger partial charge is 0.481 e. The minimum absolute atomic E-state index is 0.0304. The Morgan fingerprint density at radius 1 is 1.42 bits per heavy atom. The Hall–Kier alpha value is -2.00. The number of carbonyl (C=O) groups excluding carboxylic acids is 1. The lowest BCUT2D eigenvalue weighted by Gasteiger charge is -2.29. The molecule has 1 aliphatic heterocycles. The van der Waals surface area contributed by atoms with Crippen molar-refractivity contribution in [1.29, 1.82) is 0 Å². The van der Waals surface area contributed by atoms with E-state index in [1.165, 1.54) is 19.2 Å². The van der Waals surface area contributed by atoms with Gasteiger partial charge in [-0.1, -0.05) is 6.07 Å². The number of methoxy groups -OCH3 is 1. The van der Waals surface area contributed by atoms with Gasteiger partial charge in [-0.05, 0) is 30.5 Å². The van der Waals surface area contributed by atoms with Crippen LogP contribution >= 0.6 is 0 Å². The highest BCUT2D eigenvalue weighted by Gasteiger charge is 2.33. The third kappa shape index (κ3) is 3.90. The monoisotopic (exact) mass is 359 g/mol. The van der Waals surface area contributed by atoms with E-state index in [0.29, 0.717) is 12.8 Å². The molecule has 0 amide bonds. The molecule has 1 N–H and O–H groups in total. The van der Waals surface area contributed by atoms with E-state index in [2.05, 4.69) is 4.74 Å². The number of rotatable bonds is 5. The molecule has 9 heteroatoms. The highest BCUT2D eigenvalue weighted by molar-refractivity contribution is 7.89. The molecule has 1 unspecified atom stereocenters. The van der Waals surface area contributed by atoms with E-state index < -0.39 is 33.7 Å². The Balaban J connectivity index is 2.24. The molecule has 7 nitrogen and oxygen atoms in total. The second-order valence-corrected chi connectivity index (χ2v) is 7.48. The molecule has 1 atom stereocenters. The first-order valence-electron chi connectivity index (χ1n) is 7.34. The number of carboxylic acids is 1. The summed E-state index contributed by atoms with van der Waals surface area (Å²) in [6, 6.07) is 3.27. The molecule has 0 aliphatic carbocycles. The van der Waals surface area contributed by atoms with Gasteiger partial charge in [0.1, 0.15) is 5.82 Å². The first kappa shape index (κ1) is 18.3. The zero-order chi connectivity index (χ0) is 17.9. The number of piperidine rings is 1. The molecule has 0 bridgehead atoms. The van der Waals surface area contributed by atoms with Crippen molar-refractivity contribution in [2.24, 2.45) is 5.92 Å². The smallest absolute Gasteiger partial charge is 0.310 e. The van der Waals surface area contributed by atoms with Gasteiger partial charge in [0.05, 0.1) is 24.3 Å². The maximum atomic E-state index is 14.1. The zero-order valence-corrected chi connectivity index (χ0v) is 13.9. The summed E-state index contributed by atoms with van der Waals surface area (Å²) in [7, 11) is -2.81. The van der Waals surface area contributed by atoms with E-state index in [9.17, 15) is 22.4 Å². The van der Waals surface area contributed by atoms with Crippen LogP contribution in [0.5, 0.6) is 0 Å². The van der Waals surface area contributed by atoms with Gasteiger partial charge in [-0.25, -0.2) is 12.8 Å². The van der Waals surface area contributed by atoms with E-state index >= 15 is 0 Å². The van der Waals surface area contributed by atoms with Gasteiger partial charge in [-0.3, -0.25) is 9.59 Å². The van der Waals surface area contributed by atoms with Crippen LogP contribution in [-0.4, -0.2) is 50.0 Å². The minimum atomic E-state index is -3.99. The Bertz CT molecular complexity index is 748. The molecule has 0 radical (unpaired) electrons. The van der Waals surface area contributed by atoms with Crippen LogP contribution < -0.4 is 0 Å². The highest BCUT2D eigenvalue weighted by atomic mass is 32.2. The number of benzene rings is 1. The first-order valence-corrected chi connectivity index (χ1v) is 8.78. The van der Waals surface area contributed by atoms with Crippen LogP contribution in [0.3, 0.4) is 0 Å². The molecule has 1 aromatic carbocycles. The SMILES string of the molecule is COC(=O)Cc1ccc(S(=O)(=O)N2CCCC(C(=O)O)C2)cc1F. The number of nitrogens with zero attached hydrogens (tertiary/aromatic N) is 1. The lowest BCUT2D eigenvalue weighted by Crippen LogP contribution is -2.42. The summed E-state index contributed by atoms with van der Waals surface area (Å²) in [5.74, 6) is -3.27. The molecule has 0 spiro atoms. The molecular weight excluding hydrogens is 341 g/mol. The molecule has 24 heavy (non-hydrogen) atoms. The zero-order valence-electron chi connectivity index (χ0n) is 13.1. The van der Waals surface area contributed by atoms with Crippen LogP contribution in [0, 0.1) is 11.7 Å². The maximum absolute atomic E-state index is 14.1. The van der Waals surface area contributed by atoms with Crippen molar-refractivity contribution in [3.63, 3.8) is 0 Å². The summed E-state index contributed by atoms with van der Waals surface area (Å²) in [6.07, 6.45) is 0.542. The van der Waals surface area contributed by atoms with Crippen LogP contribution in [-0.2, 0) is 30.8 Å². The summed E-state index contributed by atoms with van der Waals surface area (Å²) in [5.41, 5.74) is 0.0304. The van der Waals surface area contributed by atoms with E-state index in [1.807, 2.05) is 0 Å². The highest BCUT2D eigenvalue weighted by Crippen LogP contribution is 2.25. The first-order chi connectivity index (χ1) is 11.3. The average Bonchev–Trinajstić information content (AvgIpc) is 2.56. The van der Waals surface area contributed by atoms with Crippen LogP contribution in [0.1, 0.15) is 18.4 Å². The summed E-state index contributed by atoms with van der Waals surface area (Å²) in [4.78, 5) is 22.0. The summed E-state index contributed by atoms with van der Waals surface area (Å²) >= 11 is 0. The fraction of sp³-hybridized carbons (Fsp3) is 0.467. The van der Waals surface area contributed by atoms with Gasteiger partial charge in [-0.15, -0.1) is 0 Å². The Morgan fingerprint density at radius 3 is 2.71 bits per heavy atom. The van der Waals surface area contributed by atoms with Crippen LogP contribution in [0.4, 0.5) is 4.39 Å². The number of sulfonamides is 1. The number of halogens is 1. The van der Waals surface area contributed by atoms with Gasteiger partial charge in [0, 0.05) is 13.1 Å². The summed E-state index contributed by atoms with van der Waals surface area (Å²) in [6.45, 7) is 0.0564. The molecule has 1 aliphatic rings. The second kappa shape index (κ2) is 7.27. The topological polar surface area (TPSA) is 101 Å². The van der Waals surface area contributed by atoms with E-state index in [-0.39, 0.29) is 30.0 Å². The summed E-state index contributed by atoms with van der Waals surface area (Å²) < 4.78 is 44.7. The van der Waals surface area contributed by atoms with Crippen molar-refractivity contribution >= 4 is 22.0 Å². The number of hydrogen-bond donors (Lipinski definition) is 1. The van der Waals surface area contributed by atoms with Crippen molar-refractivity contribution in [1.82, 2.24) is 4.31 Å².